The number of hydrogen-bond acceptors (Lipinski definition) is 3. The summed E-state index contributed by atoms with van der Waals surface area (Å²) in [7, 11) is 1.76. The summed E-state index contributed by atoms with van der Waals surface area (Å²) in [5.74, 6) is -0.819. The van der Waals surface area contributed by atoms with E-state index in [9.17, 15) is 4.79 Å². The summed E-state index contributed by atoms with van der Waals surface area (Å²) in [6.45, 7) is 2.59. The van der Waals surface area contributed by atoms with Crippen LogP contribution >= 0.6 is 0 Å². The van der Waals surface area contributed by atoms with Gasteiger partial charge in [-0.25, -0.2) is 0 Å². The van der Waals surface area contributed by atoms with E-state index in [0.29, 0.717) is 6.54 Å². The molecule has 1 aromatic heterocycles. The molecule has 0 aliphatic rings. The van der Waals surface area contributed by atoms with Crippen LogP contribution in [-0.4, -0.2) is 34.6 Å². The summed E-state index contributed by atoms with van der Waals surface area (Å²) in [6, 6.07) is 3.87. The molecule has 1 aromatic rings. The maximum atomic E-state index is 10.4. The average Bonchev–Trinajstić information content (AvgIpc) is 2.01. The highest BCUT2D eigenvalue weighted by Crippen LogP contribution is 2.02. The van der Waals surface area contributed by atoms with Crippen LogP contribution in [0.25, 0.3) is 0 Å². The van der Waals surface area contributed by atoms with Gasteiger partial charge in [-0.05, 0) is 31.7 Å². The van der Waals surface area contributed by atoms with Crippen molar-refractivity contribution in [2.75, 3.05) is 13.6 Å². The lowest BCUT2D eigenvalue weighted by Crippen LogP contribution is -2.25. The van der Waals surface area contributed by atoms with Gasteiger partial charge in [0.05, 0.1) is 12.2 Å². The largest absolute Gasteiger partial charge is 0.480 e. The zero-order valence-corrected chi connectivity index (χ0v) is 8.40. The fourth-order valence-electron chi connectivity index (χ4n) is 1.25. The zero-order chi connectivity index (χ0) is 10.6. The Labute approximate surface area is 83.2 Å². The van der Waals surface area contributed by atoms with Crippen LogP contribution in [0.4, 0.5) is 0 Å². The number of aromatic nitrogens is 1. The van der Waals surface area contributed by atoms with Gasteiger partial charge in [-0.15, -0.1) is 0 Å². The summed E-state index contributed by atoms with van der Waals surface area (Å²) < 4.78 is 0. The predicted octanol–water partition coefficient (Wildman–Crippen LogP) is 0.906. The second-order valence-corrected chi connectivity index (χ2v) is 3.39. The molecule has 1 heterocycles. The van der Waals surface area contributed by atoms with Crippen molar-refractivity contribution in [1.82, 2.24) is 9.88 Å². The minimum Gasteiger partial charge on any atom is -0.480 e. The van der Waals surface area contributed by atoms with E-state index in [-0.39, 0.29) is 6.54 Å². The molecule has 0 aliphatic heterocycles. The van der Waals surface area contributed by atoms with Crippen LogP contribution < -0.4 is 0 Å². The van der Waals surface area contributed by atoms with Gasteiger partial charge in [0, 0.05) is 12.7 Å². The number of hydrogen-bond donors (Lipinski definition) is 1. The molecule has 76 valence electrons. The number of nitrogens with zero attached hydrogens (tertiary/aromatic N) is 2. The number of aliphatic carboxylic acids is 1. The smallest absolute Gasteiger partial charge is 0.317 e. The number of carboxylic acid groups (broad SMARTS) is 1. The maximum absolute atomic E-state index is 10.4. The van der Waals surface area contributed by atoms with Crippen LogP contribution in [0.2, 0.25) is 0 Å². The number of carboxylic acids is 1. The third kappa shape index (κ3) is 3.53. The fourth-order valence-corrected chi connectivity index (χ4v) is 1.25. The Morgan fingerprint density at radius 3 is 2.93 bits per heavy atom. The van der Waals surface area contributed by atoms with Crippen LogP contribution in [0.5, 0.6) is 0 Å². The first kappa shape index (κ1) is 10.7. The highest BCUT2D eigenvalue weighted by atomic mass is 16.4. The average molecular weight is 194 g/mol. The Hall–Kier alpha value is -1.42. The molecule has 4 nitrogen and oxygen atoms in total. The summed E-state index contributed by atoms with van der Waals surface area (Å²) in [6.07, 6.45) is 1.74. The van der Waals surface area contributed by atoms with Crippen molar-refractivity contribution in [3.63, 3.8) is 0 Å². The van der Waals surface area contributed by atoms with Gasteiger partial charge >= 0.3 is 5.97 Å². The Morgan fingerprint density at radius 1 is 1.64 bits per heavy atom. The van der Waals surface area contributed by atoms with E-state index in [1.54, 1.807) is 18.1 Å². The Bertz CT molecular complexity index is 326. The lowest BCUT2D eigenvalue weighted by molar-refractivity contribution is -0.138. The predicted molar refractivity (Wildman–Crippen MR) is 52.9 cm³/mol. The molecule has 0 saturated heterocycles. The molecule has 0 amide bonds. The molecule has 0 aliphatic carbocycles. The monoisotopic (exact) mass is 194 g/mol. The molecule has 14 heavy (non-hydrogen) atoms. The first-order valence-electron chi connectivity index (χ1n) is 4.40. The second kappa shape index (κ2) is 4.72. The molecule has 4 heteroatoms. The van der Waals surface area contributed by atoms with Crippen molar-refractivity contribution in [3.05, 3.63) is 29.6 Å². The maximum Gasteiger partial charge on any atom is 0.317 e. The van der Waals surface area contributed by atoms with Gasteiger partial charge in [-0.3, -0.25) is 14.7 Å². The highest BCUT2D eigenvalue weighted by Gasteiger charge is 2.05. The van der Waals surface area contributed by atoms with Gasteiger partial charge in [0.2, 0.25) is 0 Å². The summed E-state index contributed by atoms with van der Waals surface area (Å²) in [4.78, 5) is 16.3. The van der Waals surface area contributed by atoms with Crippen molar-refractivity contribution in [2.24, 2.45) is 0 Å². The Kier molecular flexibility index (Phi) is 3.59. The van der Waals surface area contributed by atoms with E-state index in [1.807, 2.05) is 19.1 Å². The van der Waals surface area contributed by atoms with Crippen molar-refractivity contribution in [1.29, 1.82) is 0 Å². The molecular formula is C10H14N2O2. The summed E-state index contributed by atoms with van der Waals surface area (Å²) in [5.41, 5.74) is 2.03. The number of carbonyl (C=O) groups is 1. The van der Waals surface area contributed by atoms with Gasteiger partial charge < -0.3 is 5.11 Å². The highest BCUT2D eigenvalue weighted by molar-refractivity contribution is 5.68. The van der Waals surface area contributed by atoms with E-state index in [0.717, 1.165) is 11.3 Å². The molecule has 1 N–H and O–H groups in total. The van der Waals surface area contributed by atoms with Crippen LogP contribution in [0.15, 0.2) is 18.3 Å². The number of likely N-dealkylation sites (N-methyl/N-ethyl adjacent to an activating group) is 1. The minimum atomic E-state index is -0.819. The van der Waals surface area contributed by atoms with Crippen LogP contribution in [0.3, 0.4) is 0 Å². The van der Waals surface area contributed by atoms with Gasteiger partial charge in [-0.2, -0.15) is 0 Å². The van der Waals surface area contributed by atoms with Crippen molar-refractivity contribution < 1.29 is 9.90 Å². The van der Waals surface area contributed by atoms with Gasteiger partial charge in [0.1, 0.15) is 0 Å². The molecule has 0 spiro atoms. The molecule has 1 rings (SSSR count). The van der Waals surface area contributed by atoms with Gasteiger partial charge in [-0.1, -0.05) is 0 Å². The van der Waals surface area contributed by atoms with E-state index in [2.05, 4.69) is 4.98 Å². The summed E-state index contributed by atoms with van der Waals surface area (Å²) in [5, 5.41) is 8.55. The Morgan fingerprint density at radius 2 is 2.36 bits per heavy atom. The third-order valence-electron chi connectivity index (χ3n) is 1.81. The lowest BCUT2D eigenvalue weighted by Gasteiger charge is -2.13. The Balaban J connectivity index is 2.55. The van der Waals surface area contributed by atoms with E-state index in [4.69, 9.17) is 5.11 Å². The topological polar surface area (TPSA) is 53.4 Å². The lowest BCUT2D eigenvalue weighted by atomic mass is 10.2. The van der Waals surface area contributed by atoms with E-state index < -0.39 is 5.97 Å². The number of pyridine rings is 1. The number of aryl methyl sites for hydroxylation is 1. The molecule has 0 fully saturated rings. The molecule has 0 atom stereocenters. The minimum absolute atomic E-state index is 0.0373. The van der Waals surface area contributed by atoms with Gasteiger partial charge in [0.15, 0.2) is 0 Å². The molecule has 0 aromatic carbocycles. The standard InChI is InChI=1S/C10H14N2O2/c1-8-3-4-11-9(5-8)6-12(2)7-10(13)14/h3-5H,6-7H2,1-2H3,(H,13,14). The van der Waals surface area contributed by atoms with E-state index >= 15 is 0 Å². The van der Waals surface area contributed by atoms with Crippen LogP contribution in [-0.2, 0) is 11.3 Å². The summed E-state index contributed by atoms with van der Waals surface area (Å²) >= 11 is 0. The molecular weight excluding hydrogens is 180 g/mol. The first-order chi connectivity index (χ1) is 6.58. The fraction of sp³-hybridized carbons (Fsp3) is 0.400. The zero-order valence-electron chi connectivity index (χ0n) is 8.40. The first-order valence-corrected chi connectivity index (χ1v) is 4.40. The quantitative estimate of drug-likeness (QED) is 0.774. The molecule has 0 saturated carbocycles. The van der Waals surface area contributed by atoms with Crippen molar-refractivity contribution >= 4 is 5.97 Å². The number of rotatable bonds is 4. The van der Waals surface area contributed by atoms with Gasteiger partial charge in [0.25, 0.3) is 0 Å². The third-order valence-corrected chi connectivity index (χ3v) is 1.81. The van der Waals surface area contributed by atoms with Crippen LogP contribution in [0, 0.1) is 6.92 Å². The normalized spacial score (nSPS) is 10.5. The second-order valence-electron chi connectivity index (χ2n) is 3.39. The van der Waals surface area contributed by atoms with E-state index in [1.165, 1.54) is 0 Å². The molecule has 0 bridgehead atoms. The molecule has 0 unspecified atom stereocenters. The van der Waals surface area contributed by atoms with Crippen LogP contribution in [0.1, 0.15) is 11.3 Å². The molecule has 0 radical (unpaired) electrons. The van der Waals surface area contributed by atoms with Crippen molar-refractivity contribution in [3.8, 4) is 0 Å². The SMILES string of the molecule is Cc1ccnc(CN(C)CC(=O)O)c1. The van der Waals surface area contributed by atoms with Crippen molar-refractivity contribution in [2.45, 2.75) is 13.5 Å².